The number of thiazole rings is 1. The van der Waals surface area contributed by atoms with Gasteiger partial charge in [-0.15, -0.1) is 11.3 Å². The second-order valence-corrected chi connectivity index (χ2v) is 10.0. The van der Waals surface area contributed by atoms with Crippen molar-refractivity contribution in [2.75, 3.05) is 32.9 Å². The van der Waals surface area contributed by atoms with Crippen molar-refractivity contribution in [2.45, 2.75) is 31.8 Å². The summed E-state index contributed by atoms with van der Waals surface area (Å²) in [5, 5.41) is 14.7. The molecule has 2 aromatic rings. The quantitative estimate of drug-likeness (QED) is 0.332. The fraction of sp³-hybridized carbons (Fsp3) is 0.417. The lowest BCUT2D eigenvalue weighted by Crippen LogP contribution is -2.49. The number of carbonyl (C=O) groups is 2. The van der Waals surface area contributed by atoms with E-state index in [-0.39, 0.29) is 41.2 Å². The molecular weight excluding hydrogens is 574 g/mol. The third-order valence-electron chi connectivity index (χ3n) is 6.02. The Hall–Kier alpha value is -2.74. The van der Waals surface area contributed by atoms with Crippen LogP contribution in [0.3, 0.4) is 0 Å². The highest BCUT2D eigenvalue weighted by Crippen LogP contribution is 2.38. The zero-order chi connectivity index (χ0) is 26.5. The molecule has 0 spiro atoms. The molecule has 2 aliphatic heterocycles. The number of benzene rings is 1. The molecule has 1 aromatic carbocycles. The first-order valence-electron chi connectivity index (χ1n) is 11.6. The molecule has 1 aromatic heterocycles. The largest absolute Gasteiger partial charge is 0.481 e. The Labute approximate surface area is 224 Å². The number of aliphatic carboxylic acids is 1. The average Bonchev–Trinajstić information content (AvgIpc) is 3.42. The summed E-state index contributed by atoms with van der Waals surface area (Å²) in [5.74, 6) is -3.31. The van der Waals surface area contributed by atoms with Gasteiger partial charge in [0.05, 0.1) is 29.9 Å². The zero-order valence-corrected chi connectivity index (χ0v) is 22.3. The molecule has 0 saturated carbocycles. The Morgan fingerprint density at radius 3 is 2.89 bits per heavy atom. The number of rotatable bonds is 9. The Morgan fingerprint density at radius 2 is 2.19 bits per heavy atom. The number of morpholine rings is 1. The van der Waals surface area contributed by atoms with Crippen LogP contribution in [0.2, 0.25) is 0 Å². The van der Waals surface area contributed by atoms with E-state index in [0.29, 0.717) is 42.7 Å². The third kappa shape index (κ3) is 6.22. The zero-order valence-electron chi connectivity index (χ0n) is 19.9. The topological polar surface area (TPSA) is 113 Å². The number of amidine groups is 1. The van der Waals surface area contributed by atoms with Crippen molar-refractivity contribution >= 4 is 45.0 Å². The van der Waals surface area contributed by atoms with Gasteiger partial charge < -0.3 is 19.9 Å². The van der Waals surface area contributed by atoms with Crippen molar-refractivity contribution in [3.05, 3.63) is 61.7 Å². The van der Waals surface area contributed by atoms with Gasteiger partial charge in [-0.2, -0.15) is 0 Å². The number of aromatic nitrogens is 1. The molecule has 198 valence electrons. The smallest absolute Gasteiger partial charge is 0.338 e. The number of carboxylic acid groups (broad SMARTS) is 1. The number of ether oxygens (including phenoxy) is 2. The summed E-state index contributed by atoms with van der Waals surface area (Å²) in [6, 6.07) is 1.15. The molecular formula is C24H25BrF2N4O5S. The molecule has 1 fully saturated rings. The average molecular weight is 599 g/mol. The lowest BCUT2D eigenvalue weighted by molar-refractivity contribution is -0.139. The van der Waals surface area contributed by atoms with E-state index in [1.54, 1.807) is 18.5 Å². The van der Waals surface area contributed by atoms with Crippen LogP contribution in [0.15, 0.2) is 44.4 Å². The first-order chi connectivity index (χ1) is 17.8. The van der Waals surface area contributed by atoms with Crippen molar-refractivity contribution in [3.63, 3.8) is 0 Å². The van der Waals surface area contributed by atoms with Gasteiger partial charge in [0.2, 0.25) is 0 Å². The van der Waals surface area contributed by atoms with E-state index >= 15 is 0 Å². The predicted molar refractivity (Wildman–Crippen MR) is 135 cm³/mol. The summed E-state index contributed by atoms with van der Waals surface area (Å²) in [7, 11) is 0. The molecule has 0 bridgehead atoms. The van der Waals surface area contributed by atoms with Crippen LogP contribution >= 0.6 is 27.3 Å². The van der Waals surface area contributed by atoms with Crippen LogP contribution in [0.25, 0.3) is 0 Å². The minimum Gasteiger partial charge on any atom is -0.481 e. The summed E-state index contributed by atoms with van der Waals surface area (Å²) >= 11 is 4.47. The number of carboxylic acids is 1. The van der Waals surface area contributed by atoms with Crippen LogP contribution < -0.4 is 5.32 Å². The van der Waals surface area contributed by atoms with E-state index < -0.39 is 29.6 Å². The number of aliphatic imine (C=N–C) groups is 1. The van der Waals surface area contributed by atoms with Crippen molar-refractivity contribution in [3.8, 4) is 0 Å². The fourth-order valence-corrected chi connectivity index (χ4v) is 5.38. The number of nitrogens with one attached hydrogen (secondary N) is 1. The monoisotopic (exact) mass is 598 g/mol. The van der Waals surface area contributed by atoms with Gasteiger partial charge in [0.1, 0.15) is 6.04 Å². The number of halogens is 3. The Morgan fingerprint density at radius 1 is 1.38 bits per heavy atom. The summed E-state index contributed by atoms with van der Waals surface area (Å²) in [5.41, 5.74) is 0.860. The molecule has 0 radical (unpaired) electrons. The van der Waals surface area contributed by atoms with E-state index in [2.05, 4.69) is 31.2 Å². The van der Waals surface area contributed by atoms with Crippen LogP contribution in [0.1, 0.15) is 36.4 Å². The van der Waals surface area contributed by atoms with Crippen molar-refractivity contribution in [2.24, 2.45) is 4.99 Å². The highest BCUT2D eigenvalue weighted by Gasteiger charge is 2.36. The SMILES string of the molecule is CCOC(=O)C1=C(CN2CCOC[C@H]2CCC(=O)O)NC(c2nccs2)=N[C@H]1c1ccc(F)c(F)c1Br. The van der Waals surface area contributed by atoms with Gasteiger partial charge in [-0.25, -0.2) is 18.6 Å². The van der Waals surface area contributed by atoms with E-state index in [1.165, 1.54) is 17.4 Å². The summed E-state index contributed by atoms with van der Waals surface area (Å²) in [4.78, 5) is 35.5. The van der Waals surface area contributed by atoms with Crippen LogP contribution in [0.4, 0.5) is 8.78 Å². The minimum atomic E-state index is -1.09. The molecule has 2 N–H and O–H groups in total. The van der Waals surface area contributed by atoms with Crippen molar-refractivity contribution in [1.82, 2.24) is 15.2 Å². The molecule has 37 heavy (non-hydrogen) atoms. The van der Waals surface area contributed by atoms with E-state index in [0.717, 1.165) is 6.07 Å². The Balaban J connectivity index is 1.80. The number of nitrogens with zero attached hydrogens (tertiary/aromatic N) is 3. The number of hydrogen-bond donors (Lipinski definition) is 2. The maximum atomic E-state index is 14.6. The van der Waals surface area contributed by atoms with E-state index in [9.17, 15) is 18.4 Å². The number of carbonyl (C=O) groups excluding carboxylic acids is 1. The highest BCUT2D eigenvalue weighted by atomic mass is 79.9. The second kappa shape index (κ2) is 12.2. The van der Waals surface area contributed by atoms with Gasteiger partial charge >= 0.3 is 11.9 Å². The summed E-state index contributed by atoms with van der Waals surface area (Å²) in [6.07, 6.45) is 1.95. The summed E-state index contributed by atoms with van der Waals surface area (Å²) in [6.45, 7) is 3.30. The molecule has 2 aliphatic rings. The van der Waals surface area contributed by atoms with Crippen molar-refractivity contribution in [1.29, 1.82) is 0 Å². The Kier molecular flexibility index (Phi) is 9.00. The molecule has 0 amide bonds. The number of hydrogen-bond acceptors (Lipinski definition) is 9. The molecule has 2 atom stereocenters. The minimum absolute atomic E-state index is 0.0298. The standard InChI is InChI=1S/C24H25BrF2N4O5S/c1-2-36-24(34)18-16(11-31-8-9-35-12-13(31)3-6-17(32)33)29-22(23-28-7-10-37-23)30-21(18)14-4-5-15(26)20(27)19(14)25/h4-5,7,10,13,21H,2-3,6,8-9,11-12H2,1H3,(H,29,30)(H,32,33)/t13-,21+/m1/s1. The molecule has 9 nitrogen and oxygen atoms in total. The van der Waals surface area contributed by atoms with Gasteiger partial charge in [0.15, 0.2) is 22.5 Å². The maximum Gasteiger partial charge on any atom is 0.338 e. The van der Waals surface area contributed by atoms with Crippen molar-refractivity contribution < 1.29 is 33.0 Å². The first-order valence-corrected chi connectivity index (χ1v) is 13.3. The molecule has 0 aliphatic carbocycles. The van der Waals surface area contributed by atoms with Gasteiger partial charge in [-0.3, -0.25) is 14.7 Å². The molecule has 13 heteroatoms. The second-order valence-electron chi connectivity index (χ2n) is 8.35. The first kappa shape index (κ1) is 27.3. The van der Waals surface area contributed by atoms with Crippen LogP contribution in [-0.4, -0.2) is 71.7 Å². The molecule has 3 heterocycles. The van der Waals surface area contributed by atoms with Gasteiger partial charge in [-0.1, -0.05) is 6.07 Å². The third-order valence-corrected chi connectivity index (χ3v) is 7.60. The summed E-state index contributed by atoms with van der Waals surface area (Å²) < 4.78 is 39.3. The van der Waals surface area contributed by atoms with Gasteiger partial charge in [0, 0.05) is 42.8 Å². The van der Waals surface area contributed by atoms with Crippen LogP contribution in [0, 0.1) is 11.6 Å². The van der Waals surface area contributed by atoms with Crippen LogP contribution in [-0.2, 0) is 19.1 Å². The molecule has 1 saturated heterocycles. The molecule has 0 unspecified atom stereocenters. The normalized spacial score (nSPS) is 20.4. The van der Waals surface area contributed by atoms with Gasteiger partial charge in [0.25, 0.3) is 0 Å². The predicted octanol–water partition coefficient (Wildman–Crippen LogP) is 3.66. The van der Waals surface area contributed by atoms with Crippen LogP contribution in [0.5, 0.6) is 0 Å². The fourth-order valence-electron chi connectivity index (χ4n) is 4.25. The Bertz CT molecular complexity index is 1220. The maximum absolute atomic E-state index is 14.6. The lowest BCUT2D eigenvalue weighted by Gasteiger charge is -2.37. The lowest BCUT2D eigenvalue weighted by atomic mass is 9.94. The van der Waals surface area contributed by atoms with E-state index in [1.807, 2.05) is 4.90 Å². The highest BCUT2D eigenvalue weighted by molar-refractivity contribution is 9.10. The van der Waals surface area contributed by atoms with E-state index in [4.69, 9.17) is 14.6 Å². The molecule has 4 rings (SSSR count). The number of esters is 1. The van der Waals surface area contributed by atoms with Gasteiger partial charge in [-0.05, 0) is 40.9 Å².